The van der Waals surface area contributed by atoms with Gasteiger partial charge in [0.25, 0.3) is 0 Å². The fourth-order valence-corrected chi connectivity index (χ4v) is 3.45. The number of amides is 1. The molecule has 1 aromatic rings. The Hall–Kier alpha value is -1.56. The van der Waals surface area contributed by atoms with E-state index in [1.54, 1.807) is 4.90 Å². The maximum absolute atomic E-state index is 13.6. The molecule has 2 aliphatic rings. The summed E-state index contributed by atoms with van der Waals surface area (Å²) in [5.74, 6) is -3.72. The van der Waals surface area contributed by atoms with Crippen molar-refractivity contribution in [3.8, 4) is 0 Å². The van der Waals surface area contributed by atoms with Crippen molar-refractivity contribution in [2.75, 3.05) is 13.1 Å². The van der Waals surface area contributed by atoms with E-state index in [-0.39, 0.29) is 23.9 Å². The quantitative estimate of drug-likeness (QED) is 0.847. The number of likely N-dealkylation sites (tertiary alicyclic amines) is 1. The summed E-state index contributed by atoms with van der Waals surface area (Å²) in [7, 11) is 0. The SMILES string of the molecule is NC1[C@@H]2CC[C@H]1CN(C(=O)Cc1ccc(F)c(F)c1F)C2. The molecule has 1 unspecified atom stereocenters. The van der Waals surface area contributed by atoms with Crippen LogP contribution in [-0.4, -0.2) is 29.9 Å². The number of fused-ring (bicyclic) bond motifs is 2. The van der Waals surface area contributed by atoms with Crippen LogP contribution in [0.3, 0.4) is 0 Å². The average Bonchev–Trinajstić information content (AvgIpc) is 2.68. The van der Waals surface area contributed by atoms with E-state index >= 15 is 0 Å². The fraction of sp³-hybridized carbons (Fsp3) is 0.533. The number of hydrogen-bond acceptors (Lipinski definition) is 2. The average molecular weight is 298 g/mol. The van der Waals surface area contributed by atoms with E-state index in [9.17, 15) is 18.0 Å². The van der Waals surface area contributed by atoms with E-state index in [0.29, 0.717) is 24.9 Å². The zero-order valence-corrected chi connectivity index (χ0v) is 11.5. The zero-order chi connectivity index (χ0) is 15.1. The number of rotatable bonds is 2. The molecule has 6 heteroatoms. The van der Waals surface area contributed by atoms with E-state index in [0.717, 1.165) is 25.0 Å². The lowest BCUT2D eigenvalue weighted by atomic mass is 9.92. The summed E-state index contributed by atoms with van der Waals surface area (Å²) in [5.41, 5.74) is 5.96. The molecule has 1 aliphatic heterocycles. The van der Waals surface area contributed by atoms with Crippen molar-refractivity contribution in [3.63, 3.8) is 0 Å². The molecule has 3 nitrogen and oxygen atoms in total. The van der Waals surface area contributed by atoms with E-state index in [1.165, 1.54) is 0 Å². The number of hydrogen-bond donors (Lipinski definition) is 1. The van der Waals surface area contributed by atoms with Gasteiger partial charge in [-0.25, -0.2) is 13.2 Å². The maximum Gasteiger partial charge on any atom is 0.227 e. The molecule has 2 N–H and O–H groups in total. The van der Waals surface area contributed by atoms with Gasteiger partial charge in [0, 0.05) is 24.7 Å². The molecular weight excluding hydrogens is 281 g/mol. The first kappa shape index (κ1) is 14.4. The predicted molar refractivity (Wildman–Crippen MR) is 70.8 cm³/mol. The maximum atomic E-state index is 13.6. The number of nitrogens with zero attached hydrogens (tertiary/aromatic N) is 1. The van der Waals surface area contributed by atoms with E-state index in [1.807, 2.05) is 0 Å². The number of nitrogens with two attached hydrogens (primary N) is 1. The van der Waals surface area contributed by atoms with Crippen LogP contribution < -0.4 is 5.73 Å². The van der Waals surface area contributed by atoms with Crippen LogP contribution >= 0.6 is 0 Å². The molecular formula is C15H17F3N2O. The molecule has 21 heavy (non-hydrogen) atoms. The second-order valence-corrected chi connectivity index (χ2v) is 5.98. The minimum Gasteiger partial charge on any atom is -0.342 e. The van der Waals surface area contributed by atoms with Gasteiger partial charge in [0.2, 0.25) is 5.91 Å². The molecule has 2 fully saturated rings. The Balaban J connectivity index is 1.71. The third kappa shape index (κ3) is 2.52. The van der Waals surface area contributed by atoms with Crippen LogP contribution in [0.25, 0.3) is 0 Å². The Bertz CT molecular complexity index is 564. The van der Waals surface area contributed by atoms with E-state index in [2.05, 4.69) is 0 Å². The Kier molecular flexibility index (Phi) is 3.65. The summed E-state index contributed by atoms with van der Waals surface area (Å²) in [6, 6.07) is 2.10. The van der Waals surface area contributed by atoms with Crippen molar-refractivity contribution in [2.24, 2.45) is 17.6 Å². The van der Waals surface area contributed by atoms with Gasteiger partial charge in [-0.3, -0.25) is 4.79 Å². The van der Waals surface area contributed by atoms with Gasteiger partial charge in [-0.1, -0.05) is 6.07 Å². The molecule has 3 rings (SSSR count). The van der Waals surface area contributed by atoms with Crippen LogP contribution in [-0.2, 0) is 11.2 Å². The second kappa shape index (κ2) is 5.33. The van der Waals surface area contributed by atoms with Gasteiger partial charge in [-0.05, 0) is 30.7 Å². The third-order valence-electron chi connectivity index (χ3n) is 4.72. The number of carbonyl (C=O) groups is 1. The molecule has 114 valence electrons. The van der Waals surface area contributed by atoms with Crippen molar-refractivity contribution in [1.82, 2.24) is 4.90 Å². The Morgan fingerprint density at radius 3 is 2.38 bits per heavy atom. The smallest absolute Gasteiger partial charge is 0.227 e. The summed E-state index contributed by atoms with van der Waals surface area (Å²) in [5, 5.41) is 0. The Morgan fingerprint density at radius 1 is 1.14 bits per heavy atom. The van der Waals surface area contributed by atoms with Crippen LogP contribution in [0.4, 0.5) is 13.2 Å². The highest BCUT2D eigenvalue weighted by atomic mass is 19.2. The molecule has 1 amide bonds. The van der Waals surface area contributed by atoms with Crippen LogP contribution in [0.5, 0.6) is 0 Å². The monoisotopic (exact) mass is 298 g/mol. The van der Waals surface area contributed by atoms with Crippen LogP contribution in [0.2, 0.25) is 0 Å². The van der Waals surface area contributed by atoms with Crippen molar-refractivity contribution >= 4 is 5.91 Å². The van der Waals surface area contributed by atoms with Gasteiger partial charge in [0.15, 0.2) is 17.5 Å². The molecule has 0 spiro atoms. The van der Waals surface area contributed by atoms with E-state index < -0.39 is 17.5 Å². The standard InChI is InChI=1S/C15H17F3N2O/c16-11-4-3-8(13(17)14(11)18)5-12(21)20-6-9-1-2-10(7-20)15(9)19/h3-4,9-10,15H,1-2,5-7,19H2/t9-,10+,15?. The lowest BCUT2D eigenvalue weighted by Gasteiger charge is -2.36. The largest absolute Gasteiger partial charge is 0.342 e. The van der Waals surface area contributed by atoms with Gasteiger partial charge in [0.1, 0.15) is 0 Å². The number of halogens is 3. The summed E-state index contributed by atoms with van der Waals surface area (Å²) in [4.78, 5) is 13.9. The highest BCUT2D eigenvalue weighted by Gasteiger charge is 2.41. The molecule has 3 atom stereocenters. The molecule has 0 aromatic heterocycles. The Labute approximate surface area is 120 Å². The van der Waals surface area contributed by atoms with Crippen molar-refractivity contribution < 1.29 is 18.0 Å². The molecule has 1 saturated heterocycles. The summed E-state index contributed by atoms with van der Waals surface area (Å²) in [6.07, 6.45) is 1.77. The van der Waals surface area contributed by atoms with Gasteiger partial charge in [-0.2, -0.15) is 0 Å². The second-order valence-electron chi connectivity index (χ2n) is 5.98. The van der Waals surface area contributed by atoms with Crippen molar-refractivity contribution in [1.29, 1.82) is 0 Å². The number of benzene rings is 1. The summed E-state index contributed by atoms with van der Waals surface area (Å²) in [6.45, 7) is 1.14. The van der Waals surface area contributed by atoms with Gasteiger partial charge >= 0.3 is 0 Å². The number of piperidine rings is 1. The molecule has 1 aliphatic carbocycles. The van der Waals surface area contributed by atoms with Gasteiger partial charge in [-0.15, -0.1) is 0 Å². The topological polar surface area (TPSA) is 46.3 Å². The highest BCUT2D eigenvalue weighted by molar-refractivity contribution is 5.79. The molecule has 0 radical (unpaired) electrons. The summed E-state index contributed by atoms with van der Waals surface area (Å²) < 4.78 is 39.7. The minimum atomic E-state index is -1.53. The predicted octanol–water partition coefficient (Wildman–Crippen LogP) is 1.84. The van der Waals surface area contributed by atoms with E-state index in [4.69, 9.17) is 5.73 Å². The lowest BCUT2D eigenvalue weighted by molar-refractivity contribution is -0.132. The first-order valence-electron chi connectivity index (χ1n) is 7.13. The third-order valence-corrected chi connectivity index (χ3v) is 4.72. The first-order chi connectivity index (χ1) is 9.97. The molecule has 2 bridgehead atoms. The van der Waals surface area contributed by atoms with Crippen molar-refractivity contribution in [2.45, 2.75) is 25.3 Å². The highest BCUT2D eigenvalue weighted by Crippen LogP contribution is 2.35. The Morgan fingerprint density at radius 2 is 1.76 bits per heavy atom. The molecule has 1 heterocycles. The van der Waals surface area contributed by atoms with Gasteiger partial charge < -0.3 is 10.6 Å². The van der Waals surface area contributed by atoms with Gasteiger partial charge in [0.05, 0.1) is 6.42 Å². The van der Waals surface area contributed by atoms with Crippen molar-refractivity contribution in [3.05, 3.63) is 35.1 Å². The fourth-order valence-electron chi connectivity index (χ4n) is 3.45. The van der Waals surface area contributed by atoms with Crippen LogP contribution in [0.1, 0.15) is 18.4 Å². The van der Waals surface area contributed by atoms with Crippen LogP contribution in [0, 0.1) is 29.3 Å². The summed E-state index contributed by atoms with van der Waals surface area (Å²) >= 11 is 0. The zero-order valence-electron chi connectivity index (χ0n) is 11.5. The minimum absolute atomic E-state index is 0.110. The number of carbonyl (C=O) groups excluding carboxylic acids is 1. The van der Waals surface area contributed by atoms with Crippen LogP contribution in [0.15, 0.2) is 12.1 Å². The first-order valence-corrected chi connectivity index (χ1v) is 7.13. The molecule has 1 aromatic carbocycles. The lowest BCUT2D eigenvalue weighted by Crippen LogP contribution is -2.51. The normalized spacial score (nSPS) is 28.0. The molecule has 1 saturated carbocycles.